The quantitative estimate of drug-likeness (QED) is 0.788. The summed E-state index contributed by atoms with van der Waals surface area (Å²) in [6.07, 6.45) is -0.517. The number of aliphatic carboxylic acids is 1. The lowest BCUT2D eigenvalue weighted by Gasteiger charge is -2.25. The van der Waals surface area contributed by atoms with E-state index in [1.165, 1.54) is 6.07 Å². The number of nitrogens with zero attached hydrogens (tertiary/aromatic N) is 1. The minimum Gasteiger partial charge on any atom is -0.479 e. The molecule has 0 amide bonds. The second kappa shape index (κ2) is 7.74. The lowest BCUT2D eigenvalue weighted by atomic mass is 10.2. The summed E-state index contributed by atoms with van der Waals surface area (Å²) in [7, 11) is 0. The van der Waals surface area contributed by atoms with Crippen LogP contribution in [0, 0.1) is 5.82 Å². The van der Waals surface area contributed by atoms with Crippen LogP contribution < -0.4 is 4.90 Å². The van der Waals surface area contributed by atoms with Crippen LogP contribution in [0.3, 0.4) is 0 Å². The number of carboxylic acid groups (broad SMARTS) is 1. The third kappa shape index (κ3) is 4.52. The molecule has 0 saturated heterocycles. The lowest BCUT2D eigenvalue weighted by Crippen LogP contribution is -2.32. The van der Waals surface area contributed by atoms with Crippen molar-refractivity contribution in [2.75, 3.05) is 24.6 Å². The molecular formula is C14H20FNO3. The Hall–Kier alpha value is -1.62. The van der Waals surface area contributed by atoms with Gasteiger partial charge in [-0.3, -0.25) is 0 Å². The molecule has 0 aromatic heterocycles. The van der Waals surface area contributed by atoms with Gasteiger partial charge >= 0.3 is 5.97 Å². The van der Waals surface area contributed by atoms with E-state index in [0.717, 1.165) is 0 Å². The summed E-state index contributed by atoms with van der Waals surface area (Å²) in [5.41, 5.74) is 0.491. The van der Waals surface area contributed by atoms with Gasteiger partial charge in [0.05, 0.1) is 5.69 Å². The summed E-state index contributed by atoms with van der Waals surface area (Å²) in [5.74, 6) is -1.28. The van der Waals surface area contributed by atoms with Crippen molar-refractivity contribution in [3.63, 3.8) is 0 Å². The smallest absolute Gasteiger partial charge is 0.332 e. The third-order valence-electron chi connectivity index (χ3n) is 2.88. The molecule has 1 rings (SSSR count). The van der Waals surface area contributed by atoms with E-state index in [0.29, 0.717) is 31.8 Å². The molecule has 1 aromatic carbocycles. The lowest BCUT2D eigenvalue weighted by molar-refractivity contribution is -0.150. The van der Waals surface area contributed by atoms with Crippen molar-refractivity contribution < 1.29 is 19.0 Å². The SMILES string of the molecule is CCOC(CCN(CC)c1ccccc1F)C(=O)O. The molecule has 5 heteroatoms. The van der Waals surface area contributed by atoms with Gasteiger partial charge < -0.3 is 14.7 Å². The number of para-hydroxylation sites is 1. The summed E-state index contributed by atoms with van der Waals surface area (Å²) in [6.45, 7) is 5.06. The second-order valence-corrected chi connectivity index (χ2v) is 4.10. The number of hydrogen-bond donors (Lipinski definition) is 1. The van der Waals surface area contributed by atoms with Crippen LogP contribution in [-0.2, 0) is 9.53 Å². The standard InChI is InChI=1S/C14H20FNO3/c1-3-16(12-8-6-5-7-11(12)15)10-9-13(14(17)18)19-4-2/h5-8,13H,3-4,9-10H2,1-2H3,(H,17,18). The van der Waals surface area contributed by atoms with E-state index in [1.54, 1.807) is 25.1 Å². The van der Waals surface area contributed by atoms with E-state index in [9.17, 15) is 9.18 Å². The van der Waals surface area contributed by atoms with E-state index in [2.05, 4.69) is 0 Å². The van der Waals surface area contributed by atoms with Gasteiger partial charge in [0.1, 0.15) is 5.82 Å². The normalized spacial score (nSPS) is 12.2. The first-order valence-electron chi connectivity index (χ1n) is 6.44. The van der Waals surface area contributed by atoms with E-state index < -0.39 is 12.1 Å². The largest absolute Gasteiger partial charge is 0.479 e. The third-order valence-corrected chi connectivity index (χ3v) is 2.88. The molecule has 0 bridgehead atoms. The zero-order valence-electron chi connectivity index (χ0n) is 11.3. The number of anilines is 1. The van der Waals surface area contributed by atoms with Gasteiger partial charge in [0.25, 0.3) is 0 Å². The van der Waals surface area contributed by atoms with Crippen molar-refractivity contribution in [1.29, 1.82) is 0 Å². The zero-order valence-corrected chi connectivity index (χ0v) is 11.3. The molecule has 0 fully saturated rings. The van der Waals surface area contributed by atoms with E-state index in [1.807, 2.05) is 11.8 Å². The Morgan fingerprint density at radius 2 is 2.11 bits per heavy atom. The Balaban J connectivity index is 2.67. The number of rotatable bonds is 8. The second-order valence-electron chi connectivity index (χ2n) is 4.10. The van der Waals surface area contributed by atoms with Crippen molar-refractivity contribution >= 4 is 11.7 Å². The minimum atomic E-state index is -0.980. The molecule has 0 spiro atoms. The average molecular weight is 269 g/mol. The maximum absolute atomic E-state index is 13.7. The average Bonchev–Trinajstić information content (AvgIpc) is 2.39. The van der Waals surface area contributed by atoms with E-state index >= 15 is 0 Å². The van der Waals surface area contributed by atoms with Crippen molar-refractivity contribution in [3.05, 3.63) is 30.1 Å². The van der Waals surface area contributed by atoms with Crippen molar-refractivity contribution in [2.24, 2.45) is 0 Å². The molecule has 0 heterocycles. The molecule has 0 radical (unpaired) electrons. The fourth-order valence-electron chi connectivity index (χ4n) is 1.91. The molecule has 19 heavy (non-hydrogen) atoms. The summed E-state index contributed by atoms with van der Waals surface area (Å²) >= 11 is 0. The highest BCUT2D eigenvalue weighted by Gasteiger charge is 2.19. The Kier molecular flexibility index (Phi) is 6.29. The van der Waals surface area contributed by atoms with Crippen LogP contribution in [0.15, 0.2) is 24.3 Å². The minimum absolute atomic E-state index is 0.298. The van der Waals surface area contributed by atoms with Gasteiger partial charge in [-0.15, -0.1) is 0 Å². The topological polar surface area (TPSA) is 49.8 Å². The van der Waals surface area contributed by atoms with Crippen molar-refractivity contribution in [1.82, 2.24) is 0 Å². The van der Waals surface area contributed by atoms with E-state index in [4.69, 9.17) is 9.84 Å². The first-order valence-corrected chi connectivity index (χ1v) is 6.44. The number of carbonyl (C=O) groups is 1. The maximum atomic E-state index is 13.7. The molecule has 106 valence electrons. The monoisotopic (exact) mass is 269 g/mol. The molecule has 1 unspecified atom stereocenters. The predicted molar refractivity (Wildman–Crippen MR) is 72.0 cm³/mol. The van der Waals surface area contributed by atoms with Gasteiger partial charge in [-0.1, -0.05) is 12.1 Å². The summed E-state index contributed by atoms with van der Waals surface area (Å²) in [4.78, 5) is 12.8. The number of hydrogen-bond acceptors (Lipinski definition) is 3. The zero-order chi connectivity index (χ0) is 14.3. The van der Waals surface area contributed by atoms with Crippen LogP contribution in [0.25, 0.3) is 0 Å². The first-order chi connectivity index (χ1) is 9.10. The molecule has 0 saturated carbocycles. The van der Waals surface area contributed by atoms with Gasteiger partial charge in [0, 0.05) is 26.1 Å². The molecule has 0 aliphatic rings. The Labute approximate surface area is 112 Å². The molecule has 4 nitrogen and oxygen atoms in total. The molecule has 0 aliphatic carbocycles. The molecule has 0 aliphatic heterocycles. The summed E-state index contributed by atoms with van der Waals surface area (Å²) in [6, 6.07) is 6.48. The fraction of sp³-hybridized carbons (Fsp3) is 0.500. The number of benzene rings is 1. The number of halogens is 1. The van der Waals surface area contributed by atoms with Crippen LogP contribution in [0.2, 0.25) is 0 Å². The first kappa shape index (κ1) is 15.4. The van der Waals surface area contributed by atoms with Gasteiger partial charge in [-0.25, -0.2) is 9.18 Å². The van der Waals surface area contributed by atoms with Gasteiger partial charge in [-0.2, -0.15) is 0 Å². The van der Waals surface area contributed by atoms with Gasteiger partial charge in [0.2, 0.25) is 0 Å². The molecular weight excluding hydrogens is 249 g/mol. The van der Waals surface area contributed by atoms with Crippen molar-refractivity contribution in [2.45, 2.75) is 26.4 Å². The van der Waals surface area contributed by atoms with Crippen molar-refractivity contribution in [3.8, 4) is 0 Å². The van der Waals surface area contributed by atoms with E-state index in [-0.39, 0.29) is 5.82 Å². The van der Waals surface area contributed by atoms with Gasteiger partial charge in [0.15, 0.2) is 6.10 Å². The highest BCUT2D eigenvalue weighted by molar-refractivity contribution is 5.72. The fourth-order valence-corrected chi connectivity index (χ4v) is 1.91. The van der Waals surface area contributed by atoms with Crippen LogP contribution in [-0.4, -0.2) is 36.9 Å². The number of carboxylic acids is 1. The summed E-state index contributed by atoms with van der Waals surface area (Å²) in [5, 5.41) is 9.00. The number of ether oxygens (including phenoxy) is 1. The van der Waals surface area contributed by atoms with Crippen LogP contribution in [0.4, 0.5) is 10.1 Å². The van der Waals surface area contributed by atoms with Crippen LogP contribution >= 0.6 is 0 Å². The molecule has 1 N–H and O–H groups in total. The Morgan fingerprint density at radius 1 is 1.42 bits per heavy atom. The molecule has 1 aromatic rings. The van der Waals surface area contributed by atoms with Gasteiger partial charge in [-0.05, 0) is 26.0 Å². The Bertz CT molecular complexity index is 411. The highest BCUT2D eigenvalue weighted by Crippen LogP contribution is 2.19. The van der Waals surface area contributed by atoms with Crippen LogP contribution in [0.1, 0.15) is 20.3 Å². The molecule has 1 atom stereocenters. The Morgan fingerprint density at radius 3 is 2.63 bits per heavy atom. The maximum Gasteiger partial charge on any atom is 0.332 e. The van der Waals surface area contributed by atoms with Crippen LogP contribution in [0.5, 0.6) is 0 Å². The predicted octanol–water partition coefficient (Wildman–Crippen LogP) is 2.53. The highest BCUT2D eigenvalue weighted by atomic mass is 19.1. The summed E-state index contributed by atoms with van der Waals surface area (Å²) < 4.78 is 18.8.